The molecule has 104 valence electrons. The van der Waals surface area contributed by atoms with Crippen molar-refractivity contribution in [3.8, 4) is 0 Å². The summed E-state index contributed by atoms with van der Waals surface area (Å²) in [7, 11) is 0. The van der Waals surface area contributed by atoms with Gasteiger partial charge in [-0.15, -0.1) is 0 Å². The highest BCUT2D eigenvalue weighted by molar-refractivity contribution is 5.90. The fourth-order valence-electron chi connectivity index (χ4n) is 2.24. The molecule has 4 nitrogen and oxygen atoms in total. The molecule has 1 saturated heterocycles. The van der Waals surface area contributed by atoms with Crippen LogP contribution in [0.4, 0.5) is 11.5 Å². The van der Waals surface area contributed by atoms with E-state index in [2.05, 4.69) is 29.0 Å². The highest BCUT2D eigenvalue weighted by Gasteiger charge is 2.13. The molecule has 0 aromatic carbocycles. The van der Waals surface area contributed by atoms with E-state index in [0.717, 1.165) is 31.0 Å². The second-order valence-corrected chi connectivity index (χ2v) is 5.58. The molecule has 1 N–H and O–H groups in total. The number of pyridine rings is 1. The van der Waals surface area contributed by atoms with Crippen LogP contribution in [-0.2, 0) is 4.79 Å². The van der Waals surface area contributed by atoms with Gasteiger partial charge in [-0.2, -0.15) is 0 Å². The van der Waals surface area contributed by atoms with Crippen LogP contribution in [0.5, 0.6) is 0 Å². The molecule has 0 radical (unpaired) electrons. The summed E-state index contributed by atoms with van der Waals surface area (Å²) in [5.74, 6) is 1.64. The van der Waals surface area contributed by atoms with Gasteiger partial charge in [0.2, 0.25) is 5.91 Å². The molecular weight excluding hydrogens is 238 g/mol. The van der Waals surface area contributed by atoms with Gasteiger partial charge in [0.1, 0.15) is 5.82 Å². The Morgan fingerprint density at radius 1 is 1.37 bits per heavy atom. The summed E-state index contributed by atoms with van der Waals surface area (Å²) < 4.78 is 0. The Balaban J connectivity index is 1.86. The molecule has 1 aliphatic heterocycles. The Kier molecular flexibility index (Phi) is 4.77. The maximum absolute atomic E-state index is 11.7. The molecule has 19 heavy (non-hydrogen) atoms. The zero-order chi connectivity index (χ0) is 13.7. The Morgan fingerprint density at radius 2 is 2.11 bits per heavy atom. The van der Waals surface area contributed by atoms with Gasteiger partial charge < -0.3 is 10.2 Å². The minimum atomic E-state index is 0.0735. The molecule has 0 spiro atoms. The topological polar surface area (TPSA) is 45.2 Å². The van der Waals surface area contributed by atoms with Crippen molar-refractivity contribution in [2.45, 2.75) is 39.5 Å². The molecule has 0 atom stereocenters. The summed E-state index contributed by atoms with van der Waals surface area (Å²) in [6, 6.07) is 3.93. The third-order valence-corrected chi connectivity index (χ3v) is 3.41. The minimum absolute atomic E-state index is 0.0735. The Morgan fingerprint density at radius 3 is 2.68 bits per heavy atom. The van der Waals surface area contributed by atoms with Crippen molar-refractivity contribution in [2.24, 2.45) is 5.92 Å². The number of carbonyl (C=O) groups is 1. The number of hydrogen-bond donors (Lipinski definition) is 1. The van der Waals surface area contributed by atoms with Crippen molar-refractivity contribution in [1.29, 1.82) is 0 Å². The van der Waals surface area contributed by atoms with Crippen molar-refractivity contribution in [3.05, 3.63) is 18.3 Å². The van der Waals surface area contributed by atoms with Gasteiger partial charge >= 0.3 is 0 Å². The number of hydrogen-bond acceptors (Lipinski definition) is 3. The average Bonchev–Trinajstić information content (AvgIpc) is 2.91. The molecule has 0 saturated carbocycles. The summed E-state index contributed by atoms with van der Waals surface area (Å²) in [5.41, 5.74) is 0.789. The zero-order valence-electron chi connectivity index (χ0n) is 11.9. The fourth-order valence-corrected chi connectivity index (χ4v) is 2.24. The molecule has 1 amide bonds. The normalized spacial score (nSPS) is 15.0. The minimum Gasteiger partial charge on any atom is -0.357 e. The van der Waals surface area contributed by atoms with E-state index in [1.165, 1.54) is 12.8 Å². The lowest BCUT2D eigenvalue weighted by Gasteiger charge is -2.16. The van der Waals surface area contributed by atoms with E-state index in [-0.39, 0.29) is 5.91 Å². The average molecular weight is 261 g/mol. The highest BCUT2D eigenvalue weighted by atomic mass is 16.1. The molecule has 1 aromatic rings. The maximum Gasteiger partial charge on any atom is 0.224 e. The third-order valence-electron chi connectivity index (χ3n) is 3.41. The third kappa shape index (κ3) is 4.23. The lowest BCUT2D eigenvalue weighted by Crippen LogP contribution is -2.19. The number of rotatable bonds is 5. The predicted octanol–water partition coefficient (Wildman–Crippen LogP) is 3.06. The quantitative estimate of drug-likeness (QED) is 0.886. The second kappa shape index (κ2) is 6.55. The molecule has 2 heterocycles. The first kappa shape index (κ1) is 13.8. The summed E-state index contributed by atoms with van der Waals surface area (Å²) in [5, 5.41) is 2.90. The van der Waals surface area contributed by atoms with Gasteiger partial charge in [-0.05, 0) is 37.3 Å². The standard InChI is InChI=1S/C15H23N3O/c1-12(2)5-8-15(19)17-13-6-7-14(16-11-13)18-9-3-4-10-18/h6-7,11-12H,3-5,8-10H2,1-2H3,(H,17,19). The highest BCUT2D eigenvalue weighted by Crippen LogP contribution is 2.19. The summed E-state index contributed by atoms with van der Waals surface area (Å²) in [6.07, 6.45) is 5.74. The van der Waals surface area contributed by atoms with E-state index < -0.39 is 0 Å². The van der Waals surface area contributed by atoms with Gasteiger partial charge in [-0.1, -0.05) is 13.8 Å². The molecule has 2 rings (SSSR count). The SMILES string of the molecule is CC(C)CCC(=O)Nc1ccc(N2CCCC2)nc1. The fraction of sp³-hybridized carbons (Fsp3) is 0.600. The van der Waals surface area contributed by atoms with E-state index in [9.17, 15) is 4.79 Å². The first-order chi connectivity index (χ1) is 9.15. The van der Waals surface area contributed by atoms with Gasteiger partial charge in [0.25, 0.3) is 0 Å². The van der Waals surface area contributed by atoms with Crippen molar-refractivity contribution in [2.75, 3.05) is 23.3 Å². The summed E-state index contributed by atoms with van der Waals surface area (Å²) >= 11 is 0. The van der Waals surface area contributed by atoms with Crippen LogP contribution in [0, 0.1) is 5.92 Å². The summed E-state index contributed by atoms with van der Waals surface area (Å²) in [6.45, 7) is 6.43. The molecule has 4 heteroatoms. The largest absolute Gasteiger partial charge is 0.357 e. The molecule has 0 aliphatic carbocycles. The van der Waals surface area contributed by atoms with Crippen molar-refractivity contribution in [3.63, 3.8) is 0 Å². The number of amides is 1. The van der Waals surface area contributed by atoms with Gasteiger partial charge in [-0.25, -0.2) is 4.98 Å². The monoisotopic (exact) mass is 261 g/mol. The van der Waals surface area contributed by atoms with Crippen LogP contribution in [0.25, 0.3) is 0 Å². The van der Waals surface area contributed by atoms with Gasteiger partial charge in [0.15, 0.2) is 0 Å². The lowest BCUT2D eigenvalue weighted by molar-refractivity contribution is -0.116. The van der Waals surface area contributed by atoms with Crippen LogP contribution >= 0.6 is 0 Å². The van der Waals surface area contributed by atoms with Gasteiger partial charge in [0.05, 0.1) is 11.9 Å². The van der Waals surface area contributed by atoms with E-state index in [1.54, 1.807) is 6.20 Å². The number of nitrogens with one attached hydrogen (secondary N) is 1. The van der Waals surface area contributed by atoms with Crippen LogP contribution in [0.1, 0.15) is 39.5 Å². The van der Waals surface area contributed by atoms with Crippen molar-refractivity contribution >= 4 is 17.4 Å². The van der Waals surface area contributed by atoms with E-state index in [4.69, 9.17) is 0 Å². The van der Waals surface area contributed by atoms with Gasteiger partial charge in [-0.3, -0.25) is 4.79 Å². The molecule has 1 fully saturated rings. The molecule has 1 aromatic heterocycles. The van der Waals surface area contributed by atoms with Crippen LogP contribution in [0.15, 0.2) is 18.3 Å². The van der Waals surface area contributed by atoms with Crippen molar-refractivity contribution in [1.82, 2.24) is 4.98 Å². The van der Waals surface area contributed by atoms with Crippen LogP contribution in [0.3, 0.4) is 0 Å². The molecule has 0 unspecified atom stereocenters. The maximum atomic E-state index is 11.7. The summed E-state index contributed by atoms with van der Waals surface area (Å²) in [4.78, 5) is 18.4. The predicted molar refractivity (Wildman–Crippen MR) is 78.4 cm³/mol. The number of carbonyl (C=O) groups excluding carboxylic acids is 1. The van der Waals surface area contributed by atoms with E-state index >= 15 is 0 Å². The Bertz CT molecular complexity index is 408. The van der Waals surface area contributed by atoms with Crippen LogP contribution in [-0.4, -0.2) is 24.0 Å². The van der Waals surface area contributed by atoms with Crippen molar-refractivity contribution < 1.29 is 4.79 Å². The van der Waals surface area contributed by atoms with Gasteiger partial charge in [0, 0.05) is 19.5 Å². The Labute approximate surface area is 115 Å². The molecule has 1 aliphatic rings. The Hall–Kier alpha value is -1.58. The first-order valence-electron chi connectivity index (χ1n) is 7.16. The lowest BCUT2D eigenvalue weighted by atomic mass is 10.1. The van der Waals surface area contributed by atoms with E-state index in [0.29, 0.717) is 12.3 Å². The number of aromatic nitrogens is 1. The zero-order valence-corrected chi connectivity index (χ0v) is 11.9. The second-order valence-electron chi connectivity index (χ2n) is 5.58. The smallest absolute Gasteiger partial charge is 0.224 e. The van der Waals surface area contributed by atoms with E-state index in [1.807, 2.05) is 12.1 Å². The first-order valence-corrected chi connectivity index (χ1v) is 7.16. The van der Waals surface area contributed by atoms with Crippen LogP contribution < -0.4 is 10.2 Å². The van der Waals surface area contributed by atoms with Crippen LogP contribution in [0.2, 0.25) is 0 Å². The number of anilines is 2. The molecule has 0 bridgehead atoms. The molecular formula is C15H23N3O. The number of nitrogens with zero attached hydrogens (tertiary/aromatic N) is 2.